The zero-order valence-electron chi connectivity index (χ0n) is 14.5. The van der Waals surface area contributed by atoms with Crippen LogP contribution in [-0.2, 0) is 14.4 Å². The fourth-order valence-electron chi connectivity index (χ4n) is 2.57. The van der Waals surface area contributed by atoms with Gasteiger partial charge in [-0.15, -0.1) is 0 Å². The van der Waals surface area contributed by atoms with Crippen molar-refractivity contribution in [3.63, 3.8) is 0 Å². The van der Waals surface area contributed by atoms with E-state index in [1.54, 1.807) is 24.3 Å². The van der Waals surface area contributed by atoms with Gasteiger partial charge in [0.25, 0.3) is 5.56 Å². The molecule has 0 spiro atoms. The van der Waals surface area contributed by atoms with Gasteiger partial charge in [-0.25, -0.2) is 9.78 Å². The fraction of sp³-hybridized carbons (Fsp3) is 0.353. The Hall–Kier alpha value is -2.88. The predicted octanol–water partition coefficient (Wildman–Crippen LogP) is 0.735. The molecule has 0 radical (unpaired) electrons. The lowest BCUT2D eigenvalue weighted by Crippen LogP contribution is -2.46. The average molecular weight is 393 g/mol. The summed E-state index contributed by atoms with van der Waals surface area (Å²) in [5.74, 6) is -3.02. The maximum absolute atomic E-state index is 12.8. The number of hydrogen-bond acceptors (Lipinski definition) is 6. The first-order chi connectivity index (χ1) is 12.8. The highest BCUT2D eigenvalue weighted by molar-refractivity contribution is 7.98. The number of benzene rings is 1. The van der Waals surface area contributed by atoms with E-state index in [9.17, 15) is 19.2 Å². The van der Waals surface area contributed by atoms with Crippen molar-refractivity contribution in [1.29, 1.82) is 0 Å². The minimum absolute atomic E-state index is 0.256. The first-order valence-corrected chi connectivity index (χ1v) is 9.44. The second kappa shape index (κ2) is 9.17. The van der Waals surface area contributed by atoms with E-state index in [1.165, 1.54) is 18.1 Å². The van der Waals surface area contributed by atoms with Crippen LogP contribution in [0.2, 0.25) is 0 Å². The Balaban J connectivity index is 2.38. The van der Waals surface area contributed by atoms with Gasteiger partial charge in [0.2, 0.25) is 5.91 Å². The molecule has 1 aromatic carbocycles. The predicted molar refractivity (Wildman–Crippen MR) is 99.9 cm³/mol. The van der Waals surface area contributed by atoms with Crippen LogP contribution in [0.25, 0.3) is 10.9 Å². The molecular weight excluding hydrogens is 374 g/mol. The fourth-order valence-corrected chi connectivity index (χ4v) is 3.03. The molecule has 0 aliphatic carbocycles. The van der Waals surface area contributed by atoms with Gasteiger partial charge in [-0.05, 0) is 30.6 Å². The SMILES string of the molecule is CSCC[C@@H](C(=O)N[C@@H](CC(=O)O)C(=O)O)n1cnc2ccccc2c1=O. The van der Waals surface area contributed by atoms with Gasteiger partial charge in [0.1, 0.15) is 12.1 Å². The molecule has 3 N–H and O–H groups in total. The zero-order chi connectivity index (χ0) is 20.0. The molecule has 2 aromatic rings. The number of carbonyl (C=O) groups excluding carboxylic acids is 1. The molecule has 0 fully saturated rings. The summed E-state index contributed by atoms with van der Waals surface area (Å²) in [6, 6.07) is 4.09. The second-order valence-corrected chi connectivity index (χ2v) is 6.75. The van der Waals surface area contributed by atoms with E-state index in [0.29, 0.717) is 16.7 Å². The molecule has 1 aromatic heterocycles. The number of amides is 1. The monoisotopic (exact) mass is 393 g/mol. The highest BCUT2D eigenvalue weighted by Gasteiger charge is 2.28. The number of carboxylic acids is 2. The zero-order valence-corrected chi connectivity index (χ0v) is 15.3. The largest absolute Gasteiger partial charge is 0.481 e. The molecule has 0 aliphatic heterocycles. The number of thioether (sulfide) groups is 1. The van der Waals surface area contributed by atoms with Crippen LogP contribution < -0.4 is 10.9 Å². The highest BCUT2D eigenvalue weighted by Crippen LogP contribution is 2.15. The molecule has 0 bridgehead atoms. The van der Waals surface area contributed by atoms with Gasteiger partial charge in [-0.1, -0.05) is 12.1 Å². The molecule has 0 aliphatic rings. The van der Waals surface area contributed by atoms with Crippen molar-refractivity contribution in [3.8, 4) is 0 Å². The molecule has 0 unspecified atom stereocenters. The number of fused-ring (bicyclic) bond motifs is 1. The van der Waals surface area contributed by atoms with E-state index in [1.807, 2.05) is 6.26 Å². The normalized spacial score (nSPS) is 13.1. The van der Waals surface area contributed by atoms with Gasteiger partial charge >= 0.3 is 11.9 Å². The maximum atomic E-state index is 12.8. The second-order valence-electron chi connectivity index (χ2n) is 5.77. The Labute approximate surface area is 158 Å². The summed E-state index contributed by atoms with van der Waals surface area (Å²) in [6.45, 7) is 0. The topological polar surface area (TPSA) is 139 Å². The number of hydrogen-bond donors (Lipinski definition) is 3. The summed E-state index contributed by atoms with van der Waals surface area (Å²) in [6.07, 6.45) is 2.58. The van der Waals surface area contributed by atoms with E-state index < -0.39 is 41.9 Å². The van der Waals surface area contributed by atoms with E-state index >= 15 is 0 Å². The smallest absolute Gasteiger partial charge is 0.326 e. The van der Waals surface area contributed by atoms with E-state index in [-0.39, 0.29) is 6.42 Å². The van der Waals surface area contributed by atoms with Gasteiger partial charge in [0.15, 0.2) is 0 Å². The molecule has 0 saturated heterocycles. The molecule has 144 valence electrons. The van der Waals surface area contributed by atoms with Gasteiger partial charge in [-0.2, -0.15) is 11.8 Å². The maximum Gasteiger partial charge on any atom is 0.326 e. The molecule has 2 atom stereocenters. The molecule has 9 nitrogen and oxygen atoms in total. The standard InChI is InChI=1S/C17H19N3O6S/c1-27-7-6-13(15(23)19-12(17(25)26)8-14(21)22)20-9-18-11-5-3-2-4-10(11)16(20)24/h2-5,9,12-13H,6-8H2,1H3,(H,19,23)(H,21,22)(H,25,26)/t12-,13-/m0/s1. The van der Waals surface area contributed by atoms with Crippen molar-refractivity contribution in [2.45, 2.75) is 24.9 Å². The summed E-state index contributed by atoms with van der Waals surface area (Å²) < 4.78 is 1.16. The Morgan fingerprint density at radius 1 is 1.26 bits per heavy atom. The van der Waals surface area contributed by atoms with Crippen molar-refractivity contribution in [2.75, 3.05) is 12.0 Å². The molecular formula is C17H19N3O6S. The van der Waals surface area contributed by atoms with Crippen molar-refractivity contribution in [3.05, 3.63) is 40.9 Å². The third kappa shape index (κ3) is 5.07. The van der Waals surface area contributed by atoms with Crippen LogP contribution in [0.3, 0.4) is 0 Å². The third-order valence-electron chi connectivity index (χ3n) is 3.92. The Morgan fingerprint density at radius 2 is 1.96 bits per heavy atom. The summed E-state index contributed by atoms with van der Waals surface area (Å²) in [7, 11) is 0. The Bertz CT molecular complexity index is 913. The lowest BCUT2D eigenvalue weighted by Gasteiger charge is -2.21. The van der Waals surface area contributed by atoms with Gasteiger partial charge in [0.05, 0.1) is 23.7 Å². The van der Waals surface area contributed by atoms with E-state index in [2.05, 4.69) is 10.3 Å². The number of nitrogens with zero attached hydrogens (tertiary/aromatic N) is 2. The Kier molecular flexibility index (Phi) is 6.94. The van der Waals surface area contributed by atoms with Crippen LogP contribution in [0.5, 0.6) is 0 Å². The molecule has 2 rings (SSSR count). The number of carboxylic acid groups (broad SMARTS) is 2. The molecule has 27 heavy (non-hydrogen) atoms. The number of rotatable bonds is 9. The third-order valence-corrected chi connectivity index (χ3v) is 4.56. The number of aliphatic carboxylic acids is 2. The lowest BCUT2D eigenvalue weighted by atomic mass is 10.1. The van der Waals surface area contributed by atoms with Gasteiger partial charge in [-0.3, -0.25) is 19.0 Å². The van der Waals surface area contributed by atoms with Crippen molar-refractivity contribution >= 4 is 40.5 Å². The molecule has 1 heterocycles. The van der Waals surface area contributed by atoms with Crippen molar-refractivity contribution in [2.24, 2.45) is 0 Å². The number of nitrogens with one attached hydrogen (secondary N) is 1. The highest BCUT2D eigenvalue weighted by atomic mass is 32.2. The van der Waals surface area contributed by atoms with Crippen LogP contribution in [0.4, 0.5) is 0 Å². The van der Waals surface area contributed by atoms with Gasteiger partial charge in [0, 0.05) is 0 Å². The summed E-state index contributed by atoms with van der Waals surface area (Å²) >= 11 is 1.46. The van der Waals surface area contributed by atoms with Crippen LogP contribution >= 0.6 is 11.8 Å². The van der Waals surface area contributed by atoms with Crippen molar-refractivity contribution in [1.82, 2.24) is 14.9 Å². The van der Waals surface area contributed by atoms with Crippen LogP contribution in [0.1, 0.15) is 18.9 Å². The number of aromatic nitrogens is 2. The molecule has 0 saturated carbocycles. The first-order valence-electron chi connectivity index (χ1n) is 8.05. The van der Waals surface area contributed by atoms with Crippen LogP contribution in [0.15, 0.2) is 35.4 Å². The van der Waals surface area contributed by atoms with Gasteiger partial charge < -0.3 is 15.5 Å². The van der Waals surface area contributed by atoms with Crippen LogP contribution in [0, 0.1) is 0 Å². The molecule has 1 amide bonds. The van der Waals surface area contributed by atoms with Crippen LogP contribution in [-0.4, -0.2) is 55.7 Å². The lowest BCUT2D eigenvalue weighted by molar-refractivity contribution is -0.147. The Morgan fingerprint density at radius 3 is 2.59 bits per heavy atom. The van der Waals surface area contributed by atoms with Crippen molar-refractivity contribution < 1.29 is 24.6 Å². The summed E-state index contributed by atoms with van der Waals surface area (Å²) in [5.41, 5.74) is 0.0593. The first kappa shape index (κ1) is 20.4. The quantitative estimate of drug-likeness (QED) is 0.567. The average Bonchev–Trinajstić information content (AvgIpc) is 2.62. The number of carbonyl (C=O) groups is 3. The molecule has 10 heteroatoms. The minimum atomic E-state index is -1.59. The summed E-state index contributed by atoms with van der Waals surface area (Å²) in [4.78, 5) is 51.7. The summed E-state index contributed by atoms with van der Waals surface area (Å²) in [5, 5.41) is 20.5. The minimum Gasteiger partial charge on any atom is -0.481 e. The number of para-hydroxylation sites is 1. The van der Waals surface area contributed by atoms with E-state index in [0.717, 1.165) is 4.57 Å². The van der Waals surface area contributed by atoms with E-state index in [4.69, 9.17) is 10.2 Å².